The van der Waals surface area contributed by atoms with Gasteiger partial charge in [0.15, 0.2) is 6.61 Å². The number of aliphatic carboxylic acids is 1. The number of nitrogens with one attached hydrogen (secondary N) is 1. The molecular weight excluding hydrogens is 354 g/mol. The summed E-state index contributed by atoms with van der Waals surface area (Å²) in [5.74, 6) is -0.414. The van der Waals surface area contributed by atoms with Crippen molar-refractivity contribution < 1.29 is 19.7 Å². The third kappa shape index (κ3) is 4.97. The molecule has 0 amide bonds. The van der Waals surface area contributed by atoms with Crippen LogP contribution in [0.5, 0.6) is 5.75 Å². The lowest BCUT2D eigenvalue weighted by Gasteiger charge is -2.27. The van der Waals surface area contributed by atoms with E-state index in [0.29, 0.717) is 17.3 Å². The summed E-state index contributed by atoms with van der Waals surface area (Å²) in [6.45, 7) is 0.113. The fourth-order valence-electron chi connectivity index (χ4n) is 3.25. The van der Waals surface area contributed by atoms with Crippen LogP contribution in [-0.2, 0) is 17.6 Å². The second-order valence-corrected chi connectivity index (χ2v) is 6.97. The number of hydrogen-bond acceptors (Lipinski definition) is 4. The molecule has 0 heterocycles. The molecule has 0 spiro atoms. The Kier molecular flexibility index (Phi) is 6.14. The molecule has 0 aliphatic heterocycles. The molecule has 1 aliphatic carbocycles. The van der Waals surface area contributed by atoms with Gasteiger partial charge in [0, 0.05) is 17.6 Å². The second kappa shape index (κ2) is 8.54. The molecule has 0 aromatic heterocycles. The van der Waals surface area contributed by atoms with Crippen LogP contribution < -0.4 is 10.1 Å². The van der Waals surface area contributed by atoms with Crippen molar-refractivity contribution in [1.29, 1.82) is 0 Å². The summed E-state index contributed by atoms with van der Waals surface area (Å²) in [5, 5.41) is 23.1. The average Bonchev–Trinajstić information content (AvgIpc) is 2.64. The first-order valence-electron chi connectivity index (χ1n) is 8.64. The zero-order valence-electron chi connectivity index (χ0n) is 14.3. The highest BCUT2D eigenvalue weighted by Crippen LogP contribution is 2.26. The molecule has 0 bridgehead atoms. The van der Waals surface area contributed by atoms with Gasteiger partial charge >= 0.3 is 5.97 Å². The molecule has 0 saturated heterocycles. The van der Waals surface area contributed by atoms with E-state index in [2.05, 4.69) is 5.32 Å². The Hall–Kier alpha value is -2.08. The summed E-state index contributed by atoms with van der Waals surface area (Å²) in [5.41, 5.74) is 3.22. The van der Waals surface area contributed by atoms with Gasteiger partial charge in [0.25, 0.3) is 0 Å². The monoisotopic (exact) mass is 375 g/mol. The van der Waals surface area contributed by atoms with E-state index in [1.54, 1.807) is 12.1 Å². The van der Waals surface area contributed by atoms with Gasteiger partial charge in [-0.3, -0.25) is 0 Å². The maximum Gasteiger partial charge on any atom is 0.341 e. The van der Waals surface area contributed by atoms with E-state index < -0.39 is 12.1 Å². The van der Waals surface area contributed by atoms with Crippen molar-refractivity contribution in [1.82, 2.24) is 5.32 Å². The number of rotatable bonds is 7. The third-order valence-corrected chi connectivity index (χ3v) is 4.84. The van der Waals surface area contributed by atoms with Crippen LogP contribution in [0, 0.1) is 0 Å². The highest BCUT2D eigenvalue weighted by molar-refractivity contribution is 6.30. The van der Waals surface area contributed by atoms with Crippen molar-refractivity contribution in [3.8, 4) is 5.75 Å². The van der Waals surface area contributed by atoms with Gasteiger partial charge in [-0.05, 0) is 60.2 Å². The van der Waals surface area contributed by atoms with E-state index in [1.165, 1.54) is 5.56 Å². The molecule has 0 fully saturated rings. The van der Waals surface area contributed by atoms with Crippen molar-refractivity contribution >= 4 is 17.6 Å². The normalized spacial score (nSPS) is 17.4. The van der Waals surface area contributed by atoms with Crippen LogP contribution in [0.15, 0.2) is 42.5 Å². The molecule has 5 nitrogen and oxygen atoms in total. The number of carboxylic acids is 1. The molecule has 6 heteroatoms. The maximum atomic E-state index is 10.6. The number of aliphatic hydroxyl groups is 1. The molecule has 138 valence electrons. The molecule has 2 atom stereocenters. The van der Waals surface area contributed by atoms with Gasteiger partial charge in [-0.25, -0.2) is 4.79 Å². The lowest BCUT2D eigenvalue weighted by Crippen LogP contribution is -2.37. The number of benzene rings is 2. The molecule has 3 rings (SSSR count). The third-order valence-electron chi connectivity index (χ3n) is 4.60. The number of aryl methyl sites for hydroxylation is 1. The summed E-state index contributed by atoms with van der Waals surface area (Å²) >= 11 is 5.97. The molecule has 3 N–H and O–H groups in total. The van der Waals surface area contributed by atoms with E-state index >= 15 is 0 Å². The quantitative estimate of drug-likeness (QED) is 0.693. The minimum atomic E-state index is -0.989. The number of hydrogen-bond donors (Lipinski definition) is 3. The molecule has 0 saturated carbocycles. The summed E-state index contributed by atoms with van der Waals surface area (Å²) in [6.07, 6.45) is 2.15. The average molecular weight is 376 g/mol. The first-order valence-corrected chi connectivity index (χ1v) is 9.02. The molecule has 2 aromatic carbocycles. The Labute approximate surface area is 157 Å². The second-order valence-electron chi connectivity index (χ2n) is 6.53. The maximum absolute atomic E-state index is 10.6. The van der Waals surface area contributed by atoms with Crippen molar-refractivity contribution in [3.63, 3.8) is 0 Å². The fourth-order valence-corrected chi connectivity index (χ4v) is 3.45. The van der Waals surface area contributed by atoms with Crippen LogP contribution in [0.1, 0.15) is 29.2 Å². The number of ether oxygens (including phenoxy) is 1. The summed E-state index contributed by atoms with van der Waals surface area (Å²) in [7, 11) is 0. The minimum Gasteiger partial charge on any atom is -0.482 e. The number of aliphatic hydroxyl groups excluding tert-OH is 1. The van der Waals surface area contributed by atoms with Gasteiger partial charge in [-0.1, -0.05) is 29.8 Å². The van der Waals surface area contributed by atoms with E-state index in [4.69, 9.17) is 21.4 Å². The molecule has 26 heavy (non-hydrogen) atoms. The Morgan fingerprint density at radius 3 is 2.88 bits per heavy atom. The fraction of sp³-hybridized carbons (Fsp3) is 0.350. The Morgan fingerprint density at radius 2 is 2.12 bits per heavy atom. The predicted molar refractivity (Wildman–Crippen MR) is 99.8 cm³/mol. The SMILES string of the molecule is O=C(O)COc1ccc2c(c1)CC(NCC(O)c1cccc(Cl)c1)CC2. The van der Waals surface area contributed by atoms with Crippen molar-refractivity contribution in [3.05, 3.63) is 64.2 Å². The van der Waals surface area contributed by atoms with E-state index in [-0.39, 0.29) is 12.6 Å². The van der Waals surface area contributed by atoms with E-state index in [9.17, 15) is 9.90 Å². The lowest BCUT2D eigenvalue weighted by molar-refractivity contribution is -0.139. The zero-order valence-corrected chi connectivity index (χ0v) is 15.1. The largest absolute Gasteiger partial charge is 0.482 e. The predicted octanol–water partition coefficient (Wildman–Crippen LogP) is 2.98. The molecule has 1 aliphatic rings. The number of fused-ring (bicyclic) bond motifs is 1. The zero-order chi connectivity index (χ0) is 18.5. The summed E-state index contributed by atoms with van der Waals surface area (Å²) in [4.78, 5) is 10.6. The lowest BCUT2D eigenvalue weighted by atomic mass is 9.88. The summed E-state index contributed by atoms with van der Waals surface area (Å²) in [6, 6.07) is 13.2. The highest BCUT2D eigenvalue weighted by atomic mass is 35.5. The van der Waals surface area contributed by atoms with Crippen LogP contribution >= 0.6 is 11.6 Å². The van der Waals surface area contributed by atoms with Crippen molar-refractivity contribution in [2.24, 2.45) is 0 Å². The van der Waals surface area contributed by atoms with Crippen molar-refractivity contribution in [2.75, 3.05) is 13.2 Å². The Balaban J connectivity index is 1.57. The van der Waals surface area contributed by atoms with Crippen LogP contribution in [0.2, 0.25) is 5.02 Å². The molecule has 2 aromatic rings. The van der Waals surface area contributed by atoms with Crippen molar-refractivity contribution in [2.45, 2.75) is 31.4 Å². The molecule has 0 radical (unpaired) electrons. The first-order chi connectivity index (χ1) is 12.5. The highest BCUT2D eigenvalue weighted by Gasteiger charge is 2.20. The summed E-state index contributed by atoms with van der Waals surface area (Å²) < 4.78 is 5.26. The number of carboxylic acid groups (broad SMARTS) is 1. The van der Waals surface area contributed by atoms with Gasteiger partial charge in [0.05, 0.1) is 6.10 Å². The van der Waals surface area contributed by atoms with Crippen LogP contribution in [0.3, 0.4) is 0 Å². The minimum absolute atomic E-state index is 0.256. The number of carbonyl (C=O) groups is 1. The van der Waals surface area contributed by atoms with E-state index in [0.717, 1.165) is 30.4 Å². The van der Waals surface area contributed by atoms with Gasteiger partial charge < -0.3 is 20.3 Å². The first kappa shape index (κ1) is 18.7. The van der Waals surface area contributed by atoms with Gasteiger partial charge in [0.2, 0.25) is 0 Å². The van der Waals surface area contributed by atoms with Gasteiger partial charge in [0.1, 0.15) is 5.75 Å². The van der Waals surface area contributed by atoms with Gasteiger partial charge in [-0.2, -0.15) is 0 Å². The molecular formula is C20H22ClNO4. The van der Waals surface area contributed by atoms with Gasteiger partial charge in [-0.15, -0.1) is 0 Å². The molecule has 2 unspecified atom stereocenters. The van der Waals surface area contributed by atoms with E-state index in [1.807, 2.05) is 30.3 Å². The Bertz CT molecular complexity index is 780. The van der Waals surface area contributed by atoms with Crippen LogP contribution in [0.4, 0.5) is 0 Å². The van der Waals surface area contributed by atoms with Crippen LogP contribution in [0.25, 0.3) is 0 Å². The Morgan fingerprint density at radius 1 is 1.27 bits per heavy atom. The van der Waals surface area contributed by atoms with Crippen LogP contribution in [-0.4, -0.2) is 35.4 Å². The number of halogens is 1. The smallest absolute Gasteiger partial charge is 0.341 e. The standard InChI is InChI=1S/C20H22ClNO4/c21-16-3-1-2-14(8-16)19(23)11-22-17-6-4-13-5-7-18(10-15(13)9-17)26-12-20(24)25/h1-3,5,7-8,10,17,19,22-23H,4,6,9,11-12H2,(H,24,25). The topological polar surface area (TPSA) is 78.8 Å².